The van der Waals surface area contributed by atoms with Gasteiger partial charge < -0.3 is 4.74 Å². The number of thioether (sulfide) groups is 1. The number of hydrogen-bond acceptors (Lipinski definition) is 6. The van der Waals surface area contributed by atoms with Crippen LogP contribution in [0, 0.1) is 0 Å². The fraction of sp³-hybridized carbons (Fsp3) is 0.357. The second-order valence-corrected chi connectivity index (χ2v) is 8.46. The first-order valence-corrected chi connectivity index (χ1v) is 10.2. The molecule has 0 saturated carbocycles. The third-order valence-electron chi connectivity index (χ3n) is 2.76. The van der Waals surface area contributed by atoms with Gasteiger partial charge in [-0.1, -0.05) is 12.1 Å². The molecule has 0 radical (unpaired) electrons. The van der Waals surface area contributed by atoms with Crippen molar-refractivity contribution in [2.75, 3.05) is 25.7 Å². The van der Waals surface area contributed by atoms with Crippen LogP contribution in [-0.4, -0.2) is 39.1 Å². The van der Waals surface area contributed by atoms with Crippen molar-refractivity contribution in [2.24, 2.45) is 0 Å². The SMILES string of the molecule is COCCSCc1csc(-c2ccc(S(C)(=O)=O)cc2)n1. The Morgan fingerprint density at radius 1 is 1.29 bits per heavy atom. The number of methoxy groups -OCH3 is 1. The molecule has 114 valence electrons. The monoisotopic (exact) mass is 343 g/mol. The Morgan fingerprint density at radius 3 is 2.62 bits per heavy atom. The van der Waals surface area contributed by atoms with Gasteiger partial charge in [0.15, 0.2) is 9.84 Å². The zero-order chi connectivity index (χ0) is 15.3. The molecule has 2 rings (SSSR count). The Labute approximate surface area is 133 Å². The Morgan fingerprint density at radius 2 is 2.00 bits per heavy atom. The van der Waals surface area contributed by atoms with Crippen LogP contribution in [0.3, 0.4) is 0 Å². The van der Waals surface area contributed by atoms with Gasteiger partial charge >= 0.3 is 0 Å². The quantitative estimate of drug-likeness (QED) is 0.723. The highest BCUT2D eigenvalue weighted by molar-refractivity contribution is 7.98. The Balaban J connectivity index is 2.04. The van der Waals surface area contributed by atoms with E-state index in [1.165, 1.54) is 6.26 Å². The van der Waals surface area contributed by atoms with Gasteiger partial charge in [0.05, 0.1) is 17.2 Å². The smallest absolute Gasteiger partial charge is 0.175 e. The molecule has 0 atom stereocenters. The number of benzene rings is 1. The minimum Gasteiger partial charge on any atom is -0.384 e. The molecule has 0 amide bonds. The summed E-state index contributed by atoms with van der Waals surface area (Å²) in [7, 11) is -1.45. The van der Waals surface area contributed by atoms with Crippen LogP contribution in [-0.2, 0) is 20.3 Å². The molecule has 0 spiro atoms. The Hall–Kier alpha value is -0.890. The van der Waals surface area contributed by atoms with Crippen LogP contribution >= 0.6 is 23.1 Å². The van der Waals surface area contributed by atoms with E-state index in [1.807, 2.05) is 5.38 Å². The van der Waals surface area contributed by atoms with E-state index in [0.717, 1.165) is 34.4 Å². The van der Waals surface area contributed by atoms with Gasteiger partial charge in [-0.25, -0.2) is 13.4 Å². The Bertz CT molecular complexity index is 678. The van der Waals surface area contributed by atoms with Crippen LogP contribution in [0.4, 0.5) is 0 Å². The third-order valence-corrected chi connectivity index (χ3v) is 5.79. The number of nitrogens with zero attached hydrogens (tertiary/aromatic N) is 1. The fourth-order valence-electron chi connectivity index (χ4n) is 1.67. The fourth-order valence-corrected chi connectivity index (χ4v) is 4.02. The molecule has 0 bridgehead atoms. The molecule has 0 unspecified atom stereocenters. The molecule has 0 N–H and O–H groups in total. The first-order valence-electron chi connectivity index (χ1n) is 6.32. The van der Waals surface area contributed by atoms with Crippen LogP contribution in [0.1, 0.15) is 5.69 Å². The number of aromatic nitrogens is 1. The van der Waals surface area contributed by atoms with Gasteiger partial charge in [0.25, 0.3) is 0 Å². The molecule has 0 saturated heterocycles. The van der Waals surface area contributed by atoms with Crippen molar-refractivity contribution in [1.82, 2.24) is 4.98 Å². The highest BCUT2D eigenvalue weighted by Gasteiger charge is 2.09. The van der Waals surface area contributed by atoms with Crippen LogP contribution in [0.25, 0.3) is 10.6 Å². The number of hydrogen-bond donors (Lipinski definition) is 0. The van der Waals surface area contributed by atoms with Gasteiger partial charge in [0, 0.05) is 35.8 Å². The number of sulfone groups is 1. The zero-order valence-corrected chi connectivity index (χ0v) is 14.4. The van der Waals surface area contributed by atoms with Gasteiger partial charge in [-0.15, -0.1) is 11.3 Å². The molecule has 2 aromatic rings. The highest BCUT2D eigenvalue weighted by Crippen LogP contribution is 2.26. The van der Waals surface area contributed by atoms with Gasteiger partial charge in [-0.3, -0.25) is 0 Å². The van der Waals surface area contributed by atoms with E-state index < -0.39 is 9.84 Å². The van der Waals surface area contributed by atoms with Gasteiger partial charge in [0.1, 0.15) is 5.01 Å². The van der Waals surface area contributed by atoms with Crippen molar-refractivity contribution < 1.29 is 13.2 Å². The second kappa shape index (κ2) is 7.40. The maximum absolute atomic E-state index is 11.4. The maximum atomic E-state index is 11.4. The third kappa shape index (κ3) is 4.81. The largest absolute Gasteiger partial charge is 0.384 e. The Kier molecular flexibility index (Phi) is 5.80. The summed E-state index contributed by atoms with van der Waals surface area (Å²) in [6.07, 6.45) is 1.21. The van der Waals surface area contributed by atoms with E-state index in [2.05, 4.69) is 4.98 Å². The summed E-state index contributed by atoms with van der Waals surface area (Å²) < 4.78 is 27.9. The van der Waals surface area contributed by atoms with E-state index in [1.54, 1.807) is 54.5 Å². The summed E-state index contributed by atoms with van der Waals surface area (Å²) >= 11 is 3.36. The lowest BCUT2D eigenvalue weighted by atomic mass is 10.2. The molecule has 1 aromatic carbocycles. The molecule has 0 aliphatic heterocycles. The minimum absolute atomic E-state index is 0.332. The average molecular weight is 343 g/mol. The average Bonchev–Trinajstić information content (AvgIpc) is 2.92. The van der Waals surface area contributed by atoms with Gasteiger partial charge in [0.2, 0.25) is 0 Å². The van der Waals surface area contributed by atoms with E-state index in [4.69, 9.17) is 4.74 Å². The van der Waals surface area contributed by atoms with Crippen molar-refractivity contribution in [3.8, 4) is 10.6 Å². The van der Waals surface area contributed by atoms with Crippen molar-refractivity contribution in [2.45, 2.75) is 10.6 Å². The van der Waals surface area contributed by atoms with E-state index in [0.29, 0.717) is 4.90 Å². The van der Waals surface area contributed by atoms with Crippen molar-refractivity contribution in [1.29, 1.82) is 0 Å². The lowest BCUT2D eigenvalue weighted by molar-refractivity contribution is 0.218. The van der Waals surface area contributed by atoms with Crippen LogP contribution in [0.2, 0.25) is 0 Å². The summed E-state index contributed by atoms with van der Waals surface area (Å²) in [5.74, 6) is 1.81. The van der Waals surface area contributed by atoms with E-state index in [9.17, 15) is 8.42 Å². The van der Waals surface area contributed by atoms with Crippen LogP contribution in [0.15, 0.2) is 34.5 Å². The van der Waals surface area contributed by atoms with E-state index >= 15 is 0 Å². The first kappa shape index (κ1) is 16.5. The molecule has 21 heavy (non-hydrogen) atoms. The standard InChI is InChI=1S/C14H17NO3S3/c1-18-7-8-19-9-12-10-20-14(15-12)11-3-5-13(6-4-11)21(2,16)17/h3-6,10H,7-9H2,1-2H3. The molecule has 7 heteroatoms. The predicted molar refractivity (Wildman–Crippen MR) is 88.7 cm³/mol. The molecule has 0 fully saturated rings. The number of rotatable bonds is 7. The molecular formula is C14H17NO3S3. The minimum atomic E-state index is -3.15. The normalized spacial score (nSPS) is 11.7. The van der Waals surface area contributed by atoms with Gasteiger partial charge in [-0.05, 0) is 12.1 Å². The van der Waals surface area contributed by atoms with Crippen LogP contribution in [0.5, 0.6) is 0 Å². The molecule has 0 aliphatic carbocycles. The maximum Gasteiger partial charge on any atom is 0.175 e. The molecule has 1 aromatic heterocycles. The second-order valence-electron chi connectivity index (χ2n) is 4.49. The first-order chi connectivity index (χ1) is 10.0. The molecule has 0 aliphatic rings. The highest BCUT2D eigenvalue weighted by atomic mass is 32.2. The molecular weight excluding hydrogens is 326 g/mol. The summed E-state index contributed by atoms with van der Waals surface area (Å²) in [6.45, 7) is 0.745. The summed E-state index contributed by atoms with van der Waals surface area (Å²) in [5, 5.41) is 2.96. The van der Waals surface area contributed by atoms with Crippen molar-refractivity contribution in [3.05, 3.63) is 35.3 Å². The summed E-state index contributed by atoms with van der Waals surface area (Å²) in [4.78, 5) is 4.91. The number of thiazole rings is 1. The predicted octanol–water partition coefficient (Wildman–Crippen LogP) is 3.09. The van der Waals surface area contributed by atoms with Crippen LogP contribution < -0.4 is 0 Å². The summed E-state index contributed by atoms with van der Waals surface area (Å²) in [5.41, 5.74) is 1.99. The van der Waals surface area contributed by atoms with Gasteiger partial charge in [-0.2, -0.15) is 11.8 Å². The van der Waals surface area contributed by atoms with Crippen molar-refractivity contribution >= 4 is 32.9 Å². The lowest BCUT2D eigenvalue weighted by Crippen LogP contribution is -1.96. The molecule has 4 nitrogen and oxygen atoms in total. The topological polar surface area (TPSA) is 56.3 Å². The summed E-state index contributed by atoms with van der Waals surface area (Å²) in [6, 6.07) is 6.85. The van der Waals surface area contributed by atoms with Crippen molar-refractivity contribution in [3.63, 3.8) is 0 Å². The van der Waals surface area contributed by atoms with E-state index in [-0.39, 0.29) is 0 Å². The number of ether oxygens (including phenoxy) is 1. The lowest BCUT2D eigenvalue weighted by Gasteiger charge is -2.00. The molecule has 1 heterocycles. The zero-order valence-electron chi connectivity index (χ0n) is 11.9.